The Kier molecular flexibility index (Phi) is 5.90. The quantitative estimate of drug-likeness (QED) is 0.736. The number of hydrogen-bond acceptors (Lipinski definition) is 4. The molecule has 2 N–H and O–H groups in total. The number of imidazole rings is 1. The van der Waals surface area contributed by atoms with Gasteiger partial charge in [0.05, 0.1) is 18.0 Å². The van der Waals surface area contributed by atoms with Crippen LogP contribution in [0.25, 0.3) is 0 Å². The Morgan fingerprint density at radius 3 is 2.89 bits per heavy atom. The fraction of sp³-hybridized carbons (Fsp3) is 0.350. The number of carbonyl (C=O) groups excluding carboxylic acids is 2. The number of rotatable bonds is 7. The molecule has 1 aromatic carbocycles. The van der Waals surface area contributed by atoms with Crippen LogP contribution in [0.2, 0.25) is 0 Å². The summed E-state index contributed by atoms with van der Waals surface area (Å²) in [6, 6.07) is 7.25. The molecule has 0 bridgehead atoms. The van der Waals surface area contributed by atoms with Crippen LogP contribution in [0.15, 0.2) is 36.9 Å². The van der Waals surface area contributed by atoms with E-state index in [0.717, 1.165) is 25.0 Å². The van der Waals surface area contributed by atoms with Crippen LogP contribution in [0.4, 0.5) is 5.69 Å². The summed E-state index contributed by atoms with van der Waals surface area (Å²) >= 11 is 0. The number of aromatic nitrogens is 2. The smallest absolute Gasteiger partial charge is 0.291 e. The molecule has 1 aliphatic heterocycles. The van der Waals surface area contributed by atoms with Crippen LogP contribution in [0, 0.1) is 0 Å². The van der Waals surface area contributed by atoms with E-state index in [1.54, 1.807) is 18.2 Å². The van der Waals surface area contributed by atoms with Crippen molar-refractivity contribution < 1.29 is 14.3 Å². The highest BCUT2D eigenvalue weighted by atomic mass is 16.5. The lowest BCUT2D eigenvalue weighted by atomic mass is 10.1. The van der Waals surface area contributed by atoms with Crippen LogP contribution in [0.3, 0.4) is 0 Å². The molecule has 7 heteroatoms. The second kappa shape index (κ2) is 8.53. The first-order chi connectivity index (χ1) is 13.2. The lowest BCUT2D eigenvalue weighted by molar-refractivity contribution is 0.0952. The number of anilines is 1. The molecular formula is C20H24N4O3. The molecular weight excluding hydrogens is 344 g/mol. The number of carbonyl (C=O) groups is 2. The SMILES string of the molecule is C=CCNC(=O)c1nc(C(=O)Nc2ccccc2OCC)n2c1CCCC2. The number of nitrogens with one attached hydrogen (secondary N) is 2. The monoisotopic (exact) mass is 368 g/mol. The maximum atomic E-state index is 12.9. The predicted molar refractivity (Wildman–Crippen MR) is 103 cm³/mol. The maximum absolute atomic E-state index is 12.9. The van der Waals surface area contributed by atoms with Crippen molar-refractivity contribution in [3.8, 4) is 5.75 Å². The summed E-state index contributed by atoms with van der Waals surface area (Å²) in [5.74, 6) is 0.213. The third-order valence-corrected chi connectivity index (χ3v) is 4.38. The number of nitrogens with zero attached hydrogens (tertiary/aromatic N) is 2. The second-order valence-electron chi connectivity index (χ2n) is 6.22. The van der Waals surface area contributed by atoms with Gasteiger partial charge in [-0.05, 0) is 38.3 Å². The van der Waals surface area contributed by atoms with Gasteiger partial charge in [0.25, 0.3) is 11.8 Å². The van der Waals surface area contributed by atoms with Crippen LogP contribution in [-0.4, -0.2) is 34.5 Å². The van der Waals surface area contributed by atoms with E-state index in [0.29, 0.717) is 36.8 Å². The molecule has 0 saturated heterocycles. The van der Waals surface area contributed by atoms with Crippen molar-refractivity contribution >= 4 is 17.5 Å². The van der Waals surface area contributed by atoms with E-state index >= 15 is 0 Å². The van der Waals surface area contributed by atoms with Crippen LogP contribution < -0.4 is 15.4 Å². The summed E-state index contributed by atoms with van der Waals surface area (Å²) in [5.41, 5.74) is 1.71. The fourth-order valence-corrected chi connectivity index (χ4v) is 3.18. The normalized spacial score (nSPS) is 12.8. The first kappa shape index (κ1) is 18.7. The van der Waals surface area contributed by atoms with Crippen molar-refractivity contribution in [1.29, 1.82) is 0 Å². The number of para-hydroxylation sites is 2. The molecule has 0 spiro atoms. The molecule has 2 amide bonds. The highest BCUT2D eigenvalue weighted by Crippen LogP contribution is 2.26. The molecule has 1 aromatic heterocycles. The summed E-state index contributed by atoms with van der Waals surface area (Å²) in [5, 5.41) is 5.60. The number of ether oxygens (including phenoxy) is 1. The van der Waals surface area contributed by atoms with E-state index in [-0.39, 0.29) is 17.6 Å². The van der Waals surface area contributed by atoms with Gasteiger partial charge in [0, 0.05) is 13.1 Å². The lowest BCUT2D eigenvalue weighted by Crippen LogP contribution is -2.25. The molecule has 3 rings (SSSR count). The van der Waals surface area contributed by atoms with Gasteiger partial charge < -0.3 is 19.9 Å². The first-order valence-electron chi connectivity index (χ1n) is 9.17. The van der Waals surface area contributed by atoms with Gasteiger partial charge in [-0.15, -0.1) is 6.58 Å². The van der Waals surface area contributed by atoms with Gasteiger partial charge in [-0.25, -0.2) is 4.98 Å². The van der Waals surface area contributed by atoms with Crippen molar-refractivity contribution in [3.05, 3.63) is 54.1 Å². The van der Waals surface area contributed by atoms with Gasteiger partial charge in [-0.1, -0.05) is 18.2 Å². The molecule has 0 aliphatic carbocycles. The van der Waals surface area contributed by atoms with Gasteiger partial charge in [0.1, 0.15) is 11.4 Å². The van der Waals surface area contributed by atoms with E-state index in [1.165, 1.54) is 0 Å². The summed E-state index contributed by atoms with van der Waals surface area (Å²) in [4.78, 5) is 29.7. The average molecular weight is 368 g/mol. The molecule has 0 radical (unpaired) electrons. The maximum Gasteiger partial charge on any atom is 0.291 e. The summed E-state index contributed by atoms with van der Waals surface area (Å²) in [6.07, 6.45) is 4.26. The molecule has 0 unspecified atom stereocenters. The van der Waals surface area contributed by atoms with Crippen LogP contribution >= 0.6 is 0 Å². The van der Waals surface area contributed by atoms with Crippen LogP contribution in [-0.2, 0) is 13.0 Å². The molecule has 1 aliphatic rings. The molecule has 7 nitrogen and oxygen atoms in total. The van der Waals surface area contributed by atoms with Crippen molar-refractivity contribution in [2.75, 3.05) is 18.5 Å². The number of fused-ring (bicyclic) bond motifs is 1. The van der Waals surface area contributed by atoms with E-state index in [1.807, 2.05) is 23.6 Å². The zero-order valence-electron chi connectivity index (χ0n) is 15.5. The molecule has 27 heavy (non-hydrogen) atoms. The predicted octanol–water partition coefficient (Wildman–Crippen LogP) is 2.79. The minimum Gasteiger partial charge on any atom is -0.492 e. The van der Waals surface area contributed by atoms with E-state index < -0.39 is 0 Å². The van der Waals surface area contributed by atoms with Gasteiger partial charge in [-0.3, -0.25) is 9.59 Å². The topological polar surface area (TPSA) is 85.2 Å². The lowest BCUT2D eigenvalue weighted by Gasteiger charge is -2.17. The highest BCUT2D eigenvalue weighted by Gasteiger charge is 2.27. The first-order valence-corrected chi connectivity index (χ1v) is 9.17. The summed E-state index contributed by atoms with van der Waals surface area (Å²) < 4.78 is 7.41. The van der Waals surface area contributed by atoms with Crippen LogP contribution in [0.5, 0.6) is 5.75 Å². The van der Waals surface area contributed by atoms with Gasteiger partial charge in [0.2, 0.25) is 0 Å². The molecule has 142 valence electrons. The van der Waals surface area contributed by atoms with E-state index in [2.05, 4.69) is 22.2 Å². The van der Waals surface area contributed by atoms with Crippen molar-refractivity contribution in [3.63, 3.8) is 0 Å². The Morgan fingerprint density at radius 2 is 2.11 bits per heavy atom. The van der Waals surface area contributed by atoms with Crippen LogP contribution in [0.1, 0.15) is 46.6 Å². The average Bonchev–Trinajstić information content (AvgIpc) is 3.08. The number of amides is 2. The van der Waals surface area contributed by atoms with E-state index in [9.17, 15) is 9.59 Å². The van der Waals surface area contributed by atoms with Gasteiger partial charge >= 0.3 is 0 Å². The molecule has 0 fully saturated rings. The van der Waals surface area contributed by atoms with Crippen molar-refractivity contribution in [2.24, 2.45) is 0 Å². The van der Waals surface area contributed by atoms with Crippen molar-refractivity contribution in [1.82, 2.24) is 14.9 Å². The minimum absolute atomic E-state index is 0.250. The Bertz CT molecular complexity index is 857. The Hall–Kier alpha value is -3.09. The Balaban J connectivity index is 1.90. The summed E-state index contributed by atoms with van der Waals surface area (Å²) in [6.45, 7) is 7.02. The number of benzene rings is 1. The van der Waals surface area contributed by atoms with Gasteiger partial charge in [-0.2, -0.15) is 0 Å². The van der Waals surface area contributed by atoms with Gasteiger partial charge in [0.15, 0.2) is 5.82 Å². The zero-order chi connectivity index (χ0) is 19.2. The Labute approximate surface area is 158 Å². The second-order valence-corrected chi connectivity index (χ2v) is 6.22. The minimum atomic E-state index is -0.354. The molecule has 2 aromatic rings. The molecule has 0 saturated carbocycles. The zero-order valence-corrected chi connectivity index (χ0v) is 15.5. The third-order valence-electron chi connectivity index (χ3n) is 4.38. The fourth-order valence-electron chi connectivity index (χ4n) is 3.18. The summed E-state index contributed by atoms with van der Waals surface area (Å²) in [7, 11) is 0. The molecule has 2 heterocycles. The Morgan fingerprint density at radius 1 is 1.30 bits per heavy atom. The van der Waals surface area contributed by atoms with Crippen molar-refractivity contribution in [2.45, 2.75) is 32.7 Å². The highest BCUT2D eigenvalue weighted by molar-refractivity contribution is 6.04. The van der Waals surface area contributed by atoms with E-state index in [4.69, 9.17) is 4.74 Å². The largest absolute Gasteiger partial charge is 0.492 e. The standard InChI is InChI=1S/C20H24N4O3/c1-3-12-21-19(25)17-15-10-7-8-13-24(15)18(23-17)20(26)22-14-9-5-6-11-16(14)27-4-2/h3,5-6,9,11H,1,4,7-8,10,12-13H2,2H3,(H,21,25)(H,22,26). The molecule has 0 atom stereocenters. The number of hydrogen-bond donors (Lipinski definition) is 2. The third kappa shape index (κ3) is 4.02.